The smallest absolute Gasteiger partial charge is 0.416 e. The van der Waals surface area contributed by atoms with E-state index in [1.54, 1.807) is 19.9 Å². The van der Waals surface area contributed by atoms with Gasteiger partial charge in [0.1, 0.15) is 11.5 Å². The average Bonchev–Trinajstić information content (AvgIpc) is 2.77. The minimum atomic E-state index is -4.37. The summed E-state index contributed by atoms with van der Waals surface area (Å²) < 4.78 is 42.4. The molecule has 0 spiro atoms. The molecule has 0 aliphatic carbocycles. The van der Waals surface area contributed by atoms with Crippen LogP contribution in [0.3, 0.4) is 0 Å². The molecule has 0 bridgehead atoms. The number of benzene rings is 1. The normalized spacial score (nSPS) is 11.9. The van der Waals surface area contributed by atoms with Gasteiger partial charge in [-0.1, -0.05) is 12.1 Å². The highest BCUT2D eigenvalue weighted by atomic mass is 19.4. The summed E-state index contributed by atoms with van der Waals surface area (Å²) in [5, 5.41) is 3.71. The number of hydrazone groups is 1. The van der Waals surface area contributed by atoms with Crippen LogP contribution in [0.25, 0.3) is 0 Å². The molecule has 1 amide bonds. The van der Waals surface area contributed by atoms with Crippen LogP contribution >= 0.6 is 0 Å². The van der Waals surface area contributed by atoms with Crippen molar-refractivity contribution in [3.63, 3.8) is 0 Å². The molecule has 1 aromatic heterocycles. The van der Waals surface area contributed by atoms with Crippen LogP contribution in [-0.2, 0) is 6.18 Å². The first-order valence-corrected chi connectivity index (χ1v) is 6.35. The molecular formula is C15H13F3N2O2. The van der Waals surface area contributed by atoms with Gasteiger partial charge in [-0.05, 0) is 37.6 Å². The van der Waals surface area contributed by atoms with Gasteiger partial charge in [-0.25, -0.2) is 5.43 Å². The maximum absolute atomic E-state index is 12.4. The Labute approximate surface area is 124 Å². The molecule has 2 aromatic rings. The van der Waals surface area contributed by atoms with E-state index in [0.717, 1.165) is 12.1 Å². The van der Waals surface area contributed by atoms with Crippen LogP contribution in [0.1, 0.15) is 33.0 Å². The predicted octanol–water partition coefficient (Wildman–Crippen LogP) is 3.68. The molecule has 116 valence electrons. The fourth-order valence-electron chi connectivity index (χ4n) is 1.84. The van der Waals surface area contributed by atoms with Gasteiger partial charge < -0.3 is 4.42 Å². The van der Waals surface area contributed by atoms with E-state index in [1.807, 2.05) is 0 Å². The summed E-state index contributed by atoms with van der Waals surface area (Å²) in [4.78, 5) is 11.8. The van der Waals surface area contributed by atoms with E-state index in [4.69, 9.17) is 4.42 Å². The van der Waals surface area contributed by atoms with E-state index in [2.05, 4.69) is 10.5 Å². The maximum Gasteiger partial charge on any atom is 0.416 e. The van der Waals surface area contributed by atoms with Crippen molar-refractivity contribution in [2.24, 2.45) is 5.10 Å². The van der Waals surface area contributed by atoms with Crippen molar-refractivity contribution >= 4 is 12.1 Å². The summed E-state index contributed by atoms with van der Waals surface area (Å²) in [6.45, 7) is 3.37. The Bertz CT molecular complexity index is 701. The van der Waals surface area contributed by atoms with Crippen molar-refractivity contribution in [1.29, 1.82) is 0 Å². The number of hydrogen-bond acceptors (Lipinski definition) is 3. The molecule has 1 N–H and O–H groups in total. The third kappa shape index (κ3) is 3.75. The van der Waals surface area contributed by atoms with E-state index >= 15 is 0 Å². The first-order chi connectivity index (χ1) is 10.3. The lowest BCUT2D eigenvalue weighted by Gasteiger charge is -2.05. The Morgan fingerprint density at radius 3 is 2.36 bits per heavy atom. The fourth-order valence-corrected chi connectivity index (χ4v) is 1.84. The molecule has 0 unspecified atom stereocenters. The standard InChI is InChI=1S/C15H13F3N2O2/c1-9-7-13(10(2)22-9)14(21)20-19-8-11-3-5-12(6-4-11)15(16,17)18/h3-8H,1-2H3,(H,20,21). The Morgan fingerprint density at radius 2 is 1.86 bits per heavy atom. The largest absolute Gasteiger partial charge is 0.466 e. The lowest BCUT2D eigenvalue weighted by Crippen LogP contribution is -2.17. The monoisotopic (exact) mass is 310 g/mol. The SMILES string of the molecule is Cc1cc(C(=O)NN=Cc2ccc(C(F)(F)F)cc2)c(C)o1. The molecule has 0 saturated heterocycles. The number of alkyl halides is 3. The second-order valence-corrected chi connectivity index (χ2v) is 4.65. The van der Waals surface area contributed by atoms with Crippen molar-refractivity contribution in [2.45, 2.75) is 20.0 Å². The topological polar surface area (TPSA) is 54.6 Å². The molecule has 0 aliphatic heterocycles. The van der Waals surface area contributed by atoms with Gasteiger partial charge in [0.25, 0.3) is 5.91 Å². The summed E-state index contributed by atoms with van der Waals surface area (Å²) in [5.41, 5.74) is 2.36. The van der Waals surface area contributed by atoms with Crippen molar-refractivity contribution in [3.8, 4) is 0 Å². The molecule has 1 heterocycles. The number of aryl methyl sites for hydroxylation is 2. The van der Waals surface area contributed by atoms with Crippen molar-refractivity contribution in [2.75, 3.05) is 0 Å². The number of amides is 1. The van der Waals surface area contributed by atoms with E-state index in [-0.39, 0.29) is 0 Å². The highest BCUT2D eigenvalue weighted by Crippen LogP contribution is 2.28. The molecule has 0 saturated carbocycles. The number of carbonyl (C=O) groups excluding carboxylic acids is 1. The third-order valence-electron chi connectivity index (χ3n) is 2.90. The van der Waals surface area contributed by atoms with Gasteiger partial charge >= 0.3 is 6.18 Å². The Kier molecular flexibility index (Phi) is 4.35. The molecular weight excluding hydrogens is 297 g/mol. The quantitative estimate of drug-likeness (QED) is 0.694. The van der Waals surface area contributed by atoms with Crippen molar-refractivity contribution < 1.29 is 22.4 Å². The van der Waals surface area contributed by atoms with Crippen LogP contribution in [0.2, 0.25) is 0 Å². The van der Waals surface area contributed by atoms with Gasteiger partial charge in [0, 0.05) is 0 Å². The summed E-state index contributed by atoms with van der Waals surface area (Å²) in [7, 11) is 0. The summed E-state index contributed by atoms with van der Waals surface area (Å²) in [6, 6.07) is 6.02. The first kappa shape index (κ1) is 15.8. The zero-order chi connectivity index (χ0) is 16.3. The molecule has 22 heavy (non-hydrogen) atoms. The molecule has 2 rings (SSSR count). The van der Waals surface area contributed by atoms with Gasteiger partial charge in [0.15, 0.2) is 0 Å². The second-order valence-electron chi connectivity index (χ2n) is 4.65. The molecule has 7 heteroatoms. The number of nitrogens with one attached hydrogen (secondary N) is 1. The summed E-state index contributed by atoms with van der Waals surface area (Å²) in [6.07, 6.45) is -3.11. The Balaban J connectivity index is 2.01. The number of halogens is 3. The van der Waals surface area contributed by atoms with E-state index in [1.165, 1.54) is 18.3 Å². The molecule has 1 aromatic carbocycles. The maximum atomic E-state index is 12.4. The van der Waals surface area contributed by atoms with Crippen molar-refractivity contribution in [3.05, 3.63) is 58.5 Å². The lowest BCUT2D eigenvalue weighted by atomic mass is 10.1. The van der Waals surface area contributed by atoms with Crippen LogP contribution < -0.4 is 5.43 Å². The van der Waals surface area contributed by atoms with Crippen LogP contribution in [0, 0.1) is 13.8 Å². The van der Waals surface area contributed by atoms with Crippen LogP contribution in [0.15, 0.2) is 39.9 Å². The van der Waals surface area contributed by atoms with Gasteiger partial charge in [0.2, 0.25) is 0 Å². The van der Waals surface area contributed by atoms with Gasteiger partial charge in [-0.3, -0.25) is 4.79 Å². The highest BCUT2D eigenvalue weighted by Gasteiger charge is 2.29. The van der Waals surface area contributed by atoms with Gasteiger partial charge in [-0.15, -0.1) is 0 Å². The van der Waals surface area contributed by atoms with Crippen LogP contribution in [0.5, 0.6) is 0 Å². The predicted molar refractivity (Wildman–Crippen MR) is 74.7 cm³/mol. The molecule has 4 nitrogen and oxygen atoms in total. The lowest BCUT2D eigenvalue weighted by molar-refractivity contribution is -0.137. The number of furan rings is 1. The number of rotatable bonds is 3. The van der Waals surface area contributed by atoms with Gasteiger partial charge in [-0.2, -0.15) is 18.3 Å². The Morgan fingerprint density at radius 1 is 1.23 bits per heavy atom. The minimum absolute atomic E-state index is 0.363. The van der Waals surface area contributed by atoms with Crippen LogP contribution in [0.4, 0.5) is 13.2 Å². The Hall–Kier alpha value is -2.57. The average molecular weight is 310 g/mol. The zero-order valence-corrected chi connectivity index (χ0v) is 11.9. The van der Waals surface area contributed by atoms with E-state index in [0.29, 0.717) is 22.6 Å². The first-order valence-electron chi connectivity index (χ1n) is 6.35. The van der Waals surface area contributed by atoms with E-state index in [9.17, 15) is 18.0 Å². The van der Waals surface area contributed by atoms with Crippen LogP contribution in [-0.4, -0.2) is 12.1 Å². The summed E-state index contributed by atoms with van der Waals surface area (Å²) in [5.74, 6) is 0.631. The number of carbonyl (C=O) groups is 1. The fraction of sp³-hybridized carbons (Fsp3) is 0.200. The van der Waals surface area contributed by atoms with E-state index < -0.39 is 17.6 Å². The second kappa shape index (κ2) is 6.05. The molecule has 0 aliphatic rings. The molecule has 0 fully saturated rings. The van der Waals surface area contributed by atoms with Gasteiger partial charge in [0.05, 0.1) is 17.3 Å². The highest BCUT2D eigenvalue weighted by molar-refractivity contribution is 5.95. The third-order valence-corrected chi connectivity index (χ3v) is 2.90. The number of hydrogen-bond donors (Lipinski definition) is 1. The minimum Gasteiger partial charge on any atom is -0.466 e. The van der Waals surface area contributed by atoms with Crippen molar-refractivity contribution in [1.82, 2.24) is 5.43 Å². The zero-order valence-electron chi connectivity index (χ0n) is 11.9. The molecule has 0 atom stereocenters. The number of nitrogens with zero attached hydrogens (tertiary/aromatic N) is 1. The summed E-state index contributed by atoms with van der Waals surface area (Å²) >= 11 is 0. The molecule has 0 radical (unpaired) electrons.